The van der Waals surface area contributed by atoms with Gasteiger partial charge in [0, 0.05) is 25.6 Å². The highest BCUT2D eigenvalue weighted by atomic mass is 32.2. The molecule has 0 unspecified atom stereocenters. The number of carbonyl (C=O) groups is 2. The Morgan fingerprint density at radius 3 is 2.06 bits per heavy atom. The molecule has 0 bridgehead atoms. The zero-order valence-electron chi connectivity index (χ0n) is 27.8. The first-order chi connectivity index (χ1) is 22.5. The maximum Gasteiger partial charge on any atom is 0.264 e. The van der Waals surface area contributed by atoms with Gasteiger partial charge in [-0.1, -0.05) is 60.7 Å². The first kappa shape index (κ1) is 35.0. The Morgan fingerprint density at radius 2 is 1.45 bits per heavy atom. The van der Waals surface area contributed by atoms with Crippen molar-refractivity contribution < 1.29 is 27.5 Å². The van der Waals surface area contributed by atoms with Gasteiger partial charge in [-0.15, -0.1) is 0 Å². The molecule has 1 N–H and O–H groups in total. The number of nitrogens with zero attached hydrogens (tertiary/aromatic N) is 2. The molecular formula is C37H43N3O6S. The van der Waals surface area contributed by atoms with E-state index in [9.17, 15) is 18.0 Å². The molecule has 4 aromatic carbocycles. The molecular weight excluding hydrogens is 614 g/mol. The molecule has 1 atom stereocenters. The maximum atomic E-state index is 14.6. The third kappa shape index (κ3) is 8.51. The Kier molecular flexibility index (Phi) is 11.7. The normalized spacial score (nSPS) is 11.8. The lowest BCUT2D eigenvalue weighted by Crippen LogP contribution is -2.53. The molecule has 0 aliphatic heterocycles. The van der Waals surface area contributed by atoms with Crippen LogP contribution in [0.25, 0.3) is 0 Å². The molecule has 2 amide bonds. The van der Waals surface area contributed by atoms with E-state index in [1.165, 1.54) is 37.3 Å². The fraction of sp³-hybridized carbons (Fsp3) is 0.297. The SMILES string of the molecule is CCNC(=O)[C@H](Cc1ccccc1)N(Cc1ccccc1C)C(=O)CN(c1cc(C)cc(C)c1)S(=O)(=O)c1ccc(OC)c(OC)c1. The van der Waals surface area contributed by atoms with Gasteiger partial charge in [-0.2, -0.15) is 0 Å². The fourth-order valence-corrected chi connectivity index (χ4v) is 6.96. The molecule has 47 heavy (non-hydrogen) atoms. The summed E-state index contributed by atoms with van der Waals surface area (Å²) in [6.45, 7) is 7.44. The first-order valence-electron chi connectivity index (χ1n) is 15.5. The minimum atomic E-state index is -4.32. The number of carbonyl (C=O) groups excluding carboxylic acids is 2. The van der Waals surface area contributed by atoms with Crippen LogP contribution in [0.15, 0.2) is 95.9 Å². The van der Waals surface area contributed by atoms with Crippen molar-refractivity contribution in [1.82, 2.24) is 10.2 Å². The number of amides is 2. The van der Waals surface area contributed by atoms with Gasteiger partial charge < -0.3 is 19.7 Å². The van der Waals surface area contributed by atoms with Crippen molar-refractivity contribution in [2.75, 3.05) is 31.6 Å². The molecule has 0 aromatic heterocycles. The molecule has 9 nitrogen and oxygen atoms in total. The van der Waals surface area contributed by atoms with E-state index in [1.54, 1.807) is 12.1 Å². The van der Waals surface area contributed by atoms with Gasteiger partial charge in [0.15, 0.2) is 11.5 Å². The van der Waals surface area contributed by atoms with Crippen LogP contribution in [0.3, 0.4) is 0 Å². The zero-order chi connectivity index (χ0) is 34.1. The number of aryl methyl sites for hydroxylation is 3. The monoisotopic (exact) mass is 657 g/mol. The second-order valence-electron chi connectivity index (χ2n) is 11.4. The molecule has 4 rings (SSSR count). The number of methoxy groups -OCH3 is 2. The summed E-state index contributed by atoms with van der Waals surface area (Å²) in [6, 6.07) is 25.9. The summed E-state index contributed by atoms with van der Waals surface area (Å²) in [5.41, 5.74) is 4.67. The molecule has 248 valence electrons. The van der Waals surface area contributed by atoms with E-state index in [1.807, 2.05) is 88.4 Å². The second kappa shape index (κ2) is 15.6. The summed E-state index contributed by atoms with van der Waals surface area (Å²) >= 11 is 0. The van der Waals surface area contributed by atoms with Crippen molar-refractivity contribution in [3.05, 3.63) is 119 Å². The maximum absolute atomic E-state index is 14.6. The molecule has 0 heterocycles. The van der Waals surface area contributed by atoms with E-state index in [-0.39, 0.29) is 29.5 Å². The highest BCUT2D eigenvalue weighted by molar-refractivity contribution is 7.92. The number of nitrogens with one attached hydrogen (secondary N) is 1. The summed E-state index contributed by atoms with van der Waals surface area (Å²) in [4.78, 5) is 29.8. The van der Waals surface area contributed by atoms with Crippen molar-refractivity contribution in [1.29, 1.82) is 0 Å². The molecule has 0 saturated carbocycles. The van der Waals surface area contributed by atoms with E-state index >= 15 is 0 Å². The fourth-order valence-electron chi connectivity index (χ4n) is 5.54. The van der Waals surface area contributed by atoms with E-state index in [4.69, 9.17) is 9.47 Å². The van der Waals surface area contributed by atoms with Crippen LogP contribution in [0.2, 0.25) is 0 Å². The lowest BCUT2D eigenvalue weighted by Gasteiger charge is -2.34. The number of hydrogen-bond donors (Lipinski definition) is 1. The average molecular weight is 658 g/mol. The van der Waals surface area contributed by atoms with Crippen LogP contribution in [0.5, 0.6) is 11.5 Å². The summed E-state index contributed by atoms with van der Waals surface area (Å²) in [7, 11) is -1.42. The van der Waals surface area contributed by atoms with Crippen LogP contribution in [0.1, 0.15) is 34.7 Å². The van der Waals surface area contributed by atoms with Gasteiger partial charge in [0.2, 0.25) is 11.8 Å². The van der Waals surface area contributed by atoms with E-state index in [0.717, 1.165) is 32.1 Å². The Hall–Kier alpha value is -4.83. The van der Waals surface area contributed by atoms with Crippen LogP contribution in [-0.4, -0.2) is 58.5 Å². The van der Waals surface area contributed by atoms with Gasteiger partial charge in [0.25, 0.3) is 10.0 Å². The number of anilines is 1. The predicted octanol–water partition coefficient (Wildman–Crippen LogP) is 5.60. The highest BCUT2D eigenvalue weighted by Gasteiger charge is 2.35. The number of ether oxygens (including phenoxy) is 2. The molecule has 0 aliphatic rings. The van der Waals surface area contributed by atoms with Gasteiger partial charge in [0.1, 0.15) is 12.6 Å². The zero-order valence-corrected chi connectivity index (χ0v) is 28.6. The van der Waals surface area contributed by atoms with Crippen molar-refractivity contribution >= 4 is 27.5 Å². The Morgan fingerprint density at radius 1 is 0.809 bits per heavy atom. The Bertz CT molecular complexity index is 1790. The van der Waals surface area contributed by atoms with Gasteiger partial charge in [0.05, 0.1) is 24.8 Å². The van der Waals surface area contributed by atoms with E-state index < -0.39 is 28.5 Å². The molecule has 0 radical (unpaired) electrons. The summed E-state index contributed by atoms with van der Waals surface area (Å²) in [6.07, 6.45) is 0.246. The van der Waals surface area contributed by atoms with Crippen molar-refractivity contribution in [3.8, 4) is 11.5 Å². The third-order valence-electron chi connectivity index (χ3n) is 7.94. The van der Waals surface area contributed by atoms with Gasteiger partial charge >= 0.3 is 0 Å². The van der Waals surface area contributed by atoms with Crippen LogP contribution in [-0.2, 0) is 32.6 Å². The molecule has 0 fully saturated rings. The smallest absolute Gasteiger partial charge is 0.264 e. The standard InChI is InChI=1S/C37H43N3O6S/c1-7-38-37(42)33(22-29-14-9-8-10-15-29)39(24-30-16-12-11-13-28(30)4)36(41)25-40(31-20-26(2)19-27(3)21-31)47(43,44)32-17-18-34(45-5)35(23-32)46-6/h8-21,23,33H,7,22,24-25H2,1-6H3,(H,38,42)/t33-/m0/s1. The lowest BCUT2D eigenvalue weighted by molar-refractivity contribution is -0.140. The molecule has 0 spiro atoms. The second-order valence-corrected chi connectivity index (χ2v) is 13.3. The molecule has 4 aromatic rings. The lowest BCUT2D eigenvalue weighted by atomic mass is 10.0. The van der Waals surface area contributed by atoms with Crippen LogP contribution in [0, 0.1) is 20.8 Å². The van der Waals surface area contributed by atoms with Gasteiger partial charge in [-0.3, -0.25) is 13.9 Å². The quantitative estimate of drug-likeness (QED) is 0.189. The average Bonchev–Trinajstić information content (AvgIpc) is 3.05. The minimum Gasteiger partial charge on any atom is -0.493 e. The van der Waals surface area contributed by atoms with Crippen molar-refractivity contribution in [2.45, 2.75) is 51.6 Å². The highest BCUT2D eigenvalue weighted by Crippen LogP contribution is 2.33. The predicted molar refractivity (Wildman–Crippen MR) is 184 cm³/mol. The van der Waals surface area contributed by atoms with Gasteiger partial charge in [-0.25, -0.2) is 8.42 Å². The Labute approximate surface area is 278 Å². The summed E-state index contributed by atoms with van der Waals surface area (Å²) in [5.74, 6) is -0.237. The summed E-state index contributed by atoms with van der Waals surface area (Å²) in [5, 5.41) is 2.89. The van der Waals surface area contributed by atoms with Crippen LogP contribution in [0.4, 0.5) is 5.69 Å². The summed E-state index contributed by atoms with van der Waals surface area (Å²) < 4.78 is 40.8. The number of benzene rings is 4. The molecule has 0 aliphatic carbocycles. The number of hydrogen-bond acceptors (Lipinski definition) is 6. The first-order valence-corrected chi connectivity index (χ1v) is 16.9. The number of sulfonamides is 1. The molecule has 10 heteroatoms. The van der Waals surface area contributed by atoms with E-state index in [2.05, 4.69) is 5.32 Å². The van der Waals surface area contributed by atoms with Crippen LogP contribution >= 0.6 is 0 Å². The number of rotatable bonds is 14. The van der Waals surface area contributed by atoms with Gasteiger partial charge in [-0.05, 0) is 79.8 Å². The topological polar surface area (TPSA) is 105 Å². The largest absolute Gasteiger partial charge is 0.493 e. The Balaban J connectivity index is 1.85. The molecule has 0 saturated heterocycles. The van der Waals surface area contributed by atoms with Crippen molar-refractivity contribution in [2.24, 2.45) is 0 Å². The third-order valence-corrected chi connectivity index (χ3v) is 9.71. The van der Waals surface area contributed by atoms with E-state index in [0.29, 0.717) is 18.0 Å². The van der Waals surface area contributed by atoms with Crippen molar-refractivity contribution in [3.63, 3.8) is 0 Å². The van der Waals surface area contributed by atoms with Crippen LogP contribution < -0.4 is 19.1 Å². The minimum absolute atomic E-state index is 0.0721. The number of likely N-dealkylation sites (N-methyl/N-ethyl adjacent to an activating group) is 1.